The molecular weight excluding hydrogens is 442 g/mol. The first-order chi connectivity index (χ1) is 15.8. The summed E-state index contributed by atoms with van der Waals surface area (Å²) in [4.78, 5) is 34.2. The number of ether oxygens (including phenoxy) is 4. The summed E-state index contributed by atoms with van der Waals surface area (Å²) in [7, 11) is 0. The second kappa shape index (κ2) is 12.9. The first kappa shape index (κ1) is 27.1. The van der Waals surface area contributed by atoms with Crippen LogP contribution in [0, 0.1) is 0 Å². The van der Waals surface area contributed by atoms with Crippen LogP contribution >= 0.6 is 0 Å². The zero-order valence-corrected chi connectivity index (χ0v) is 19.0. The van der Waals surface area contributed by atoms with Crippen LogP contribution in [0.15, 0.2) is 17.1 Å². The summed E-state index contributed by atoms with van der Waals surface area (Å²) in [5.74, 6) is -0.902. The standard InChI is InChI=1S/C20H33N3O10/c1-4-9-31-20(11-29-5-2,12-30-6-3)18(27)33-22-14-7-8-23(19(28)21-14)17-16(26)15(25)13(10-24)32-17/h7-8,13,15-17,24-26H,4-6,9-12H2,1-3H3,(H,21,22,28)/t13-,15-,16-,17-/m1/s1. The van der Waals surface area contributed by atoms with E-state index in [0.29, 0.717) is 19.6 Å². The highest BCUT2D eigenvalue weighted by Gasteiger charge is 2.44. The monoisotopic (exact) mass is 475 g/mol. The number of aromatic nitrogens is 2. The highest BCUT2D eigenvalue weighted by molar-refractivity contribution is 5.80. The molecule has 33 heavy (non-hydrogen) atoms. The van der Waals surface area contributed by atoms with Gasteiger partial charge in [0.2, 0.25) is 5.60 Å². The number of aliphatic hydroxyl groups excluding tert-OH is 3. The third-order valence-electron chi connectivity index (χ3n) is 4.90. The Labute approximate surface area is 191 Å². The maximum Gasteiger partial charge on any atom is 0.368 e. The molecule has 0 aliphatic carbocycles. The van der Waals surface area contributed by atoms with E-state index in [2.05, 4.69) is 10.5 Å². The Morgan fingerprint density at radius 2 is 1.88 bits per heavy atom. The van der Waals surface area contributed by atoms with E-state index in [4.69, 9.17) is 23.8 Å². The van der Waals surface area contributed by atoms with Gasteiger partial charge in [0, 0.05) is 32.1 Å². The molecule has 0 saturated carbocycles. The van der Waals surface area contributed by atoms with Crippen molar-refractivity contribution in [3.8, 4) is 0 Å². The summed E-state index contributed by atoms with van der Waals surface area (Å²) < 4.78 is 22.9. The van der Waals surface area contributed by atoms with Gasteiger partial charge in [-0.2, -0.15) is 4.98 Å². The third kappa shape index (κ3) is 6.69. The first-order valence-corrected chi connectivity index (χ1v) is 10.8. The molecule has 1 aromatic rings. The number of carbonyl (C=O) groups excluding carboxylic acids is 1. The fourth-order valence-electron chi connectivity index (χ4n) is 3.10. The molecule has 0 aromatic carbocycles. The summed E-state index contributed by atoms with van der Waals surface area (Å²) in [6, 6.07) is 1.31. The molecule has 1 aliphatic heterocycles. The zero-order valence-electron chi connectivity index (χ0n) is 19.0. The van der Waals surface area contributed by atoms with E-state index in [1.807, 2.05) is 6.92 Å². The molecular formula is C20H33N3O10. The van der Waals surface area contributed by atoms with Crippen LogP contribution in [0.2, 0.25) is 0 Å². The summed E-state index contributed by atoms with van der Waals surface area (Å²) in [6.07, 6.45) is -3.18. The molecule has 2 heterocycles. The number of hydrogen-bond acceptors (Lipinski definition) is 12. The molecule has 13 heteroatoms. The molecule has 1 aromatic heterocycles. The Morgan fingerprint density at radius 1 is 1.21 bits per heavy atom. The van der Waals surface area contributed by atoms with Gasteiger partial charge in [-0.3, -0.25) is 4.57 Å². The topological polar surface area (TPSA) is 171 Å². The van der Waals surface area contributed by atoms with Crippen LogP contribution < -0.4 is 11.2 Å². The molecule has 1 fully saturated rings. The average molecular weight is 475 g/mol. The maximum absolute atomic E-state index is 12.9. The van der Waals surface area contributed by atoms with E-state index in [9.17, 15) is 24.9 Å². The van der Waals surface area contributed by atoms with E-state index in [1.165, 1.54) is 12.3 Å². The number of aliphatic hydroxyl groups is 3. The first-order valence-electron chi connectivity index (χ1n) is 10.8. The minimum Gasteiger partial charge on any atom is -0.394 e. The summed E-state index contributed by atoms with van der Waals surface area (Å²) in [6.45, 7) is 5.71. The SMILES string of the molecule is CCCOC(COCC)(COCC)C(=O)ONc1ccn([C@@H]2O[C@H](CO)[C@@H](O)[C@H]2O)c(=O)n1. The Hall–Kier alpha value is -2.13. The van der Waals surface area contributed by atoms with E-state index in [0.717, 1.165) is 4.57 Å². The summed E-state index contributed by atoms with van der Waals surface area (Å²) in [5, 5.41) is 29.2. The number of hydrogen-bond donors (Lipinski definition) is 4. The van der Waals surface area contributed by atoms with Crippen molar-refractivity contribution < 1.29 is 43.9 Å². The van der Waals surface area contributed by atoms with Gasteiger partial charge in [-0.15, -0.1) is 0 Å². The molecule has 0 amide bonds. The molecule has 0 unspecified atom stereocenters. The lowest BCUT2D eigenvalue weighted by Crippen LogP contribution is -2.52. The smallest absolute Gasteiger partial charge is 0.368 e. The lowest BCUT2D eigenvalue weighted by atomic mass is 10.1. The van der Waals surface area contributed by atoms with Crippen LogP contribution in [0.25, 0.3) is 0 Å². The number of nitrogens with one attached hydrogen (secondary N) is 1. The third-order valence-corrected chi connectivity index (χ3v) is 4.90. The molecule has 188 valence electrons. The second-order valence-corrected chi connectivity index (χ2v) is 7.34. The zero-order chi connectivity index (χ0) is 24.4. The lowest BCUT2D eigenvalue weighted by Gasteiger charge is -2.30. The van der Waals surface area contributed by atoms with Crippen molar-refractivity contribution in [1.82, 2.24) is 9.55 Å². The van der Waals surface area contributed by atoms with Gasteiger partial charge in [-0.1, -0.05) is 6.92 Å². The van der Waals surface area contributed by atoms with Crippen molar-refractivity contribution in [2.24, 2.45) is 0 Å². The second-order valence-electron chi connectivity index (χ2n) is 7.34. The average Bonchev–Trinajstić information content (AvgIpc) is 3.10. The normalized spacial score (nSPS) is 23.0. The van der Waals surface area contributed by atoms with Crippen molar-refractivity contribution >= 4 is 11.8 Å². The van der Waals surface area contributed by atoms with Gasteiger partial charge in [0.1, 0.15) is 18.3 Å². The fraction of sp³-hybridized carbons (Fsp3) is 0.750. The van der Waals surface area contributed by atoms with Gasteiger partial charge in [-0.05, 0) is 20.3 Å². The molecule has 13 nitrogen and oxygen atoms in total. The van der Waals surface area contributed by atoms with Crippen LogP contribution in [-0.4, -0.2) is 94.4 Å². The van der Waals surface area contributed by atoms with Gasteiger partial charge < -0.3 is 39.1 Å². The Balaban J connectivity index is 2.12. The van der Waals surface area contributed by atoms with Crippen LogP contribution in [-0.2, 0) is 28.6 Å². The predicted molar refractivity (Wildman–Crippen MR) is 113 cm³/mol. The molecule has 0 spiro atoms. The van der Waals surface area contributed by atoms with E-state index in [-0.39, 0.29) is 25.6 Å². The van der Waals surface area contributed by atoms with Crippen LogP contribution in [0.5, 0.6) is 0 Å². The fourth-order valence-corrected chi connectivity index (χ4v) is 3.10. The van der Waals surface area contributed by atoms with Crippen molar-refractivity contribution in [3.05, 3.63) is 22.7 Å². The highest BCUT2D eigenvalue weighted by atomic mass is 16.7. The number of carbonyl (C=O) groups is 1. The van der Waals surface area contributed by atoms with Gasteiger partial charge in [0.15, 0.2) is 12.0 Å². The number of anilines is 1. The lowest BCUT2D eigenvalue weighted by molar-refractivity contribution is -0.189. The number of rotatable bonds is 14. The van der Waals surface area contributed by atoms with Crippen molar-refractivity contribution in [2.75, 3.05) is 45.1 Å². The van der Waals surface area contributed by atoms with Crippen molar-refractivity contribution in [1.29, 1.82) is 0 Å². The molecule has 4 N–H and O–H groups in total. The number of nitrogens with zero attached hydrogens (tertiary/aromatic N) is 2. The van der Waals surface area contributed by atoms with Gasteiger partial charge in [-0.25, -0.2) is 15.1 Å². The van der Waals surface area contributed by atoms with E-state index >= 15 is 0 Å². The predicted octanol–water partition coefficient (Wildman–Crippen LogP) is -1.04. The molecule has 2 rings (SSSR count). The molecule has 0 radical (unpaired) electrons. The highest BCUT2D eigenvalue weighted by Crippen LogP contribution is 2.28. The summed E-state index contributed by atoms with van der Waals surface area (Å²) in [5.41, 5.74) is -0.0373. The van der Waals surface area contributed by atoms with Gasteiger partial charge >= 0.3 is 11.7 Å². The maximum atomic E-state index is 12.9. The van der Waals surface area contributed by atoms with Crippen molar-refractivity contribution in [3.63, 3.8) is 0 Å². The largest absolute Gasteiger partial charge is 0.394 e. The minimum atomic E-state index is -1.51. The van der Waals surface area contributed by atoms with E-state index < -0.39 is 48.4 Å². The quantitative estimate of drug-likeness (QED) is 0.241. The Bertz CT molecular complexity index is 783. The van der Waals surface area contributed by atoms with E-state index in [1.54, 1.807) is 13.8 Å². The molecule has 1 aliphatic rings. The minimum absolute atomic E-state index is 0.0893. The molecule has 4 atom stereocenters. The Morgan fingerprint density at radius 3 is 2.39 bits per heavy atom. The van der Waals surface area contributed by atoms with Gasteiger partial charge in [0.25, 0.3) is 0 Å². The van der Waals surface area contributed by atoms with Crippen molar-refractivity contribution in [2.45, 2.75) is 57.3 Å². The molecule has 0 bridgehead atoms. The van der Waals surface area contributed by atoms with Crippen LogP contribution in [0.4, 0.5) is 5.82 Å². The van der Waals surface area contributed by atoms with Crippen LogP contribution in [0.3, 0.4) is 0 Å². The van der Waals surface area contributed by atoms with Crippen LogP contribution in [0.1, 0.15) is 33.4 Å². The Kier molecular flexibility index (Phi) is 10.6. The van der Waals surface area contributed by atoms with Gasteiger partial charge in [0.05, 0.1) is 19.8 Å². The summed E-state index contributed by atoms with van der Waals surface area (Å²) >= 11 is 0. The molecule has 1 saturated heterocycles.